The van der Waals surface area contributed by atoms with E-state index >= 15 is 0 Å². The summed E-state index contributed by atoms with van der Waals surface area (Å²) in [6, 6.07) is 12.4. The molecule has 0 saturated carbocycles. The number of aryl methyl sites for hydroxylation is 2. The van der Waals surface area contributed by atoms with Crippen LogP contribution in [0.3, 0.4) is 0 Å². The molecule has 0 spiro atoms. The number of carbonyl (C=O) groups excluding carboxylic acids is 1. The van der Waals surface area contributed by atoms with Crippen molar-refractivity contribution in [3.8, 4) is 5.75 Å². The van der Waals surface area contributed by atoms with Crippen LogP contribution in [0.2, 0.25) is 0 Å². The molecular weight excluding hydrogens is 376 g/mol. The van der Waals surface area contributed by atoms with Crippen LogP contribution in [-0.2, 0) is 21.4 Å². The van der Waals surface area contributed by atoms with Gasteiger partial charge in [0.2, 0.25) is 10.0 Å². The van der Waals surface area contributed by atoms with E-state index in [1.807, 2.05) is 32.0 Å². The zero-order valence-electron chi connectivity index (χ0n) is 16.3. The minimum atomic E-state index is -3.41. The summed E-state index contributed by atoms with van der Waals surface area (Å²) in [4.78, 5) is 12.3. The molecule has 3 rings (SSSR count). The number of ether oxygens (including phenoxy) is 1. The highest BCUT2D eigenvalue weighted by Crippen LogP contribution is 2.21. The van der Waals surface area contributed by atoms with Crippen molar-refractivity contribution in [1.82, 2.24) is 9.62 Å². The fourth-order valence-electron chi connectivity index (χ4n) is 3.06. The molecule has 0 aromatic heterocycles. The van der Waals surface area contributed by atoms with Gasteiger partial charge in [0.25, 0.3) is 5.91 Å². The van der Waals surface area contributed by atoms with Gasteiger partial charge >= 0.3 is 0 Å². The molecule has 7 heteroatoms. The number of hydrogen-bond donors (Lipinski definition) is 1. The Morgan fingerprint density at radius 2 is 1.71 bits per heavy atom. The summed E-state index contributed by atoms with van der Waals surface area (Å²) in [7, 11) is -3.41. The molecule has 150 valence electrons. The lowest BCUT2D eigenvalue weighted by Crippen LogP contribution is -2.29. The van der Waals surface area contributed by atoms with Gasteiger partial charge in [-0.1, -0.05) is 18.2 Å². The average molecular weight is 403 g/mol. The minimum absolute atomic E-state index is 0.0656. The molecule has 0 unspecified atom stereocenters. The summed E-state index contributed by atoms with van der Waals surface area (Å²) < 4.78 is 32.1. The van der Waals surface area contributed by atoms with Crippen molar-refractivity contribution >= 4 is 15.9 Å². The van der Waals surface area contributed by atoms with Crippen LogP contribution in [0.5, 0.6) is 5.75 Å². The number of nitrogens with zero attached hydrogens (tertiary/aromatic N) is 1. The molecule has 28 heavy (non-hydrogen) atoms. The van der Waals surface area contributed by atoms with Crippen molar-refractivity contribution in [2.75, 3.05) is 19.7 Å². The van der Waals surface area contributed by atoms with Gasteiger partial charge in [-0.15, -0.1) is 0 Å². The standard InChI is InChI=1S/C21H26N2O4S/c1-16-5-8-19(13-17(16)2)27-15-21(24)22-14-18-6-9-20(10-7-18)28(25,26)23-11-3-4-12-23/h5-10,13H,3-4,11-12,14-15H2,1-2H3,(H,22,24). The van der Waals surface area contributed by atoms with Crippen molar-refractivity contribution in [2.45, 2.75) is 38.1 Å². The van der Waals surface area contributed by atoms with E-state index in [0.29, 0.717) is 30.3 Å². The van der Waals surface area contributed by atoms with Crippen LogP contribution in [0.1, 0.15) is 29.5 Å². The molecule has 1 heterocycles. The number of nitrogens with one attached hydrogen (secondary N) is 1. The Hall–Kier alpha value is -2.38. The molecule has 0 radical (unpaired) electrons. The summed E-state index contributed by atoms with van der Waals surface area (Å²) >= 11 is 0. The zero-order chi connectivity index (χ0) is 20.1. The topological polar surface area (TPSA) is 75.7 Å². The lowest BCUT2D eigenvalue weighted by atomic mass is 10.1. The maximum absolute atomic E-state index is 12.5. The lowest BCUT2D eigenvalue weighted by molar-refractivity contribution is -0.123. The predicted octanol–water partition coefficient (Wildman–Crippen LogP) is 2.78. The van der Waals surface area contributed by atoms with Crippen LogP contribution in [0, 0.1) is 13.8 Å². The highest BCUT2D eigenvalue weighted by atomic mass is 32.2. The maximum Gasteiger partial charge on any atom is 0.258 e. The molecule has 2 aromatic rings. The number of benzene rings is 2. The lowest BCUT2D eigenvalue weighted by Gasteiger charge is -2.15. The molecule has 1 fully saturated rings. The Morgan fingerprint density at radius 3 is 2.36 bits per heavy atom. The smallest absolute Gasteiger partial charge is 0.258 e. The quantitative estimate of drug-likeness (QED) is 0.773. The second-order valence-corrected chi connectivity index (χ2v) is 9.00. The van der Waals surface area contributed by atoms with Crippen molar-refractivity contribution in [3.63, 3.8) is 0 Å². The first-order valence-corrected chi connectivity index (χ1v) is 10.9. The van der Waals surface area contributed by atoms with Crippen molar-refractivity contribution in [2.24, 2.45) is 0 Å². The van der Waals surface area contributed by atoms with Crippen molar-refractivity contribution < 1.29 is 17.9 Å². The van der Waals surface area contributed by atoms with Crippen LogP contribution in [-0.4, -0.2) is 38.3 Å². The first-order chi connectivity index (χ1) is 13.4. The molecule has 1 aliphatic heterocycles. The summed E-state index contributed by atoms with van der Waals surface area (Å²) in [5.74, 6) is 0.432. The van der Waals surface area contributed by atoms with E-state index in [1.165, 1.54) is 9.87 Å². The van der Waals surface area contributed by atoms with E-state index in [2.05, 4.69) is 5.32 Å². The minimum Gasteiger partial charge on any atom is -0.484 e. The molecular formula is C21H26N2O4S. The van der Waals surface area contributed by atoms with Crippen LogP contribution >= 0.6 is 0 Å². The van der Waals surface area contributed by atoms with Crippen LogP contribution in [0.15, 0.2) is 47.4 Å². The predicted molar refractivity (Wildman–Crippen MR) is 108 cm³/mol. The van der Waals surface area contributed by atoms with Gasteiger partial charge in [0.05, 0.1) is 4.90 Å². The Bertz CT molecular complexity index is 933. The van der Waals surface area contributed by atoms with Gasteiger partial charge in [-0.25, -0.2) is 8.42 Å². The number of carbonyl (C=O) groups is 1. The molecule has 0 aliphatic carbocycles. The van der Waals surface area contributed by atoms with Crippen molar-refractivity contribution in [3.05, 3.63) is 59.2 Å². The van der Waals surface area contributed by atoms with Crippen LogP contribution in [0.4, 0.5) is 0 Å². The fourth-order valence-corrected chi connectivity index (χ4v) is 4.58. The van der Waals surface area contributed by atoms with Gasteiger partial charge in [0, 0.05) is 19.6 Å². The second kappa shape index (κ2) is 8.75. The molecule has 1 aliphatic rings. The van der Waals surface area contributed by atoms with E-state index in [-0.39, 0.29) is 12.5 Å². The highest BCUT2D eigenvalue weighted by molar-refractivity contribution is 7.89. The summed E-state index contributed by atoms with van der Waals surface area (Å²) in [5, 5.41) is 2.78. The fraction of sp³-hybridized carbons (Fsp3) is 0.381. The molecule has 1 saturated heterocycles. The Labute approximate surface area is 166 Å². The summed E-state index contributed by atoms with van der Waals surface area (Å²) in [5.41, 5.74) is 3.12. The second-order valence-electron chi connectivity index (χ2n) is 7.07. The van der Waals surface area contributed by atoms with E-state index in [0.717, 1.165) is 24.0 Å². The third-order valence-corrected chi connectivity index (χ3v) is 6.88. The SMILES string of the molecule is Cc1ccc(OCC(=O)NCc2ccc(S(=O)(=O)N3CCCC3)cc2)cc1C. The van der Waals surface area contributed by atoms with E-state index in [1.54, 1.807) is 24.3 Å². The van der Waals surface area contributed by atoms with E-state index in [4.69, 9.17) is 4.74 Å². The van der Waals surface area contributed by atoms with Gasteiger partial charge in [-0.05, 0) is 67.6 Å². The molecule has 0 bridgehead atoms. The van der Waals surface area contributed by atoms with E-state index < -0.39 is 10.0 Å². The first kappa shape index (κ1) is 20.4. The van der Waals surface area contributed by atoms with Crippen molar-refractivity contribution in [1.29, 1.82) is 0 Å². The maximum atomic E-state index is 12.5. The summed E-state index contributed by atoms with van der Waals surface area (Å²) in [6.45, 7) is 5.44. The van der Waals surface area contributed by atoms with Gasteiger partial charge < -0.3 is 10.1 Å². The zero-order valence-corrected chi connectivity index (χ0v) is 17.1. The molecule has 1 amide bonds. The summed E-state index contributed by atoms with van der Waals surface area (Å²) in [6.07, 6.45) is 1.82. The number of hydrogen-bond acceptors (Lipinski definition) is 4. The highest BCUT2D eigenvalue weighted by Gasteiger charge is 2.26. The average Bonchev–Trinajstić information content (AvgIpc) is 3.23. The number of rotatable bonds is 7. The third-order valence-electron chi connectivity index (χ3n) is 4.96. The third kappa shape index (κ3) is 4.91. The Balaban J connectivity index is 1.50. The number of amides is 1. The Kier molecular flexibility index (Phi) is 6.36. The van der Waals surface area contributed by atoms with Crippen LogP contribution < -0.4 is 10.1 Å². The normalized spacial score (nSPS) is 14.8. The molecule has 0 atom stereocenters. The molecule has 6 nitrogen and oxygen atoms in total. The Morgan fingerprint density at radius 1 is 1.04 bits per heavy atom. The number of sulfonamides is 1. The largest absolute Gasteiger partial charge is 0.484 e. The van der Waals surface area contributed by atoms with Gasteiger partial charge in [0.15, 0.2) is 6.61 Å². The van der Waals surface area contributed by atoms with Crippen LogP contribution in [0.25, 0.3) is 0 Å². The van der Waals surface area contributed by atoms with Gasteiger partial charge in [0.1, 0.15) is 5.75 Å². The van der Waals surface area contributed by atoms with E-state index in [9.17, 15) is 13.2 Å². The molecule has 2 aromatic carbocycles. The molecule has 1 N–H and O–H groups in total. The first-order valence-electron chi connectivity index (χ1n) is 9.42. The van der Waals surface area contributed by atoms with Gasteiger partial charge in [-0.3, -0.25) is 4.79 Å². The van der Waals surface area contributed by atoms with Gasteiger partial charge in [-0.2, -0.15) is 4.31 Å². The monoisotopic (exact) mass is 402 g/mol.